The summed E-state index contributed by atoms with van der Waals surface area (Å²) in [4.78, 5) is 9.03. The van der Waals surface area contributed by atoms with Crippen LogP contribution in [0.2, 0.25) is 0 Å². The van der Waals surface area contributed by atoms with Crippen molar-refractivity contribution in [2.75, 3.05) is 0 Å². The highest BCUT2D eigenvalue weighted by Crippen LogP contribution is 2.14. The van der Waals surface area contributed by atoms with E-state index in [9.17, 15) is 0 Å². The summed E-state index contributed by atoms with van der Waals surface area (Å²) in [5.74, 6) is 0. The van der Waals surface area contributed by atoms with Gasteiger partial charge in [-0.2, -0.15) is 0 Å². The SMILES string of the molecule is Cc1ccc(N=Cc2cccc(C=Nc3ccc(C)cc3)c2)cc1. The first kappa shape index (κ1) is 15.9. The molecule has 0 atom stereocenters. The summed E-state index contributed by atoms with van der Waals surface area (Å²) in [5.41, 5.74) is 6.51. The molecule has 3 aromatic carbocycles. The van der Waals surface area contributed by atoms with E-state index >= 15 is 0 Å². The second-order valence-electron chi connectivity index (χ2n) is 5.86. The van der Waals surface area contributed by atoms with E-state index in [1.807, 2.05) is 54.9 Å². The van der Waals surface area contributed by atoms with Crippen molar-refractivity contribution >= 4 is 23.8 Å². The minimum atomic E-state index is 0.958. The lowest BCUT2D eigenvalue weighted by Crippen LogP contribution is -1.85. The lowest BCUT2D eigenvalue weighted by molar-refractivity contribution is 1.43. The Morgan fingerprint density at radius 2 is 1.00 bits per heavy atom. The molecule has 0 aliphatic heterocycles. The molecule has 118 valence electrons. The second kappa shape index (κ2) is 7.51. The standard InChI is InChI=1S/C22H20N2/c1-17-6-10-21(11-7-17)23-15-19-4-3-5-20(14-19)16-24-22-12-8-18(2)9-13-22/h3-16H,1-2H3. The fourth-order valence-corrected chi connectivity index (χ4v) is 2.28. The second-order valence-corrected chi connectivity index (χ2v) is 5.86. The first-order chi connectivity index (χ1) is 11.7. The largest absolute Gasteiger partial charge is 0.256 e. The number of benzene rings is 3. The van der Waals surface area contributed by atoms with Crippen LogP contribution in [-0.2, 0) is 0 Å². The van der Waals surface area contributed by atoms with Gasteiger partial charge < -0.3 is 0 Å². The maximum absolute atomic E-state index is 4.52. The Morgan fingerprint density at radius 1 is 0.583 bits per heavy atom. The van der Waals surface area contributed by atoms with E-state index in [1.165, 1.54) is 11.1 Å². The van der Waals surface area contributed by atoms with Gasteiger partial charge in [0.2, 0.25) is 0 Å². The van der Waals surface area contributed by atoms with Gasteiger partial charge in [-0.05, 0) is 55.3 Å². The van der Waals surface area contributed by atoms with Gasteiger partial charge in [-0.25, -0.2) is 0 Å². The van der Waals surface area contributed by atoms with Crippen molar-refractivity contribution in [1.82, 2.24) is 0 Å². The molecular formula is C22H20N2. The molecule has 0 amide bonds. The van der Waals surface area contributed by atoms with E-state index in [1.54, 1.807) is 0 Å². The van der Waals surface area contributed by atoms with Gasteiger partial charge in [0.15, 0.2) is 0 Å². The smallest absolute Gasteiger partial charge is 0.0630 e. The highest BCUT2D eigenvalue weighted by atomic mass is 14.7. The van der Waals surface area contributed by atoms with E-state index in [2.05, 4.69) is 54.2 Å². The normalized spacial score (nSPS) is 11.4. The quantitative estimate of drug-likeness (QED) is 0.544. The molecule has 0 radical (unpaired) electrons. The third kappa shape index (κ3) is 4.50. The first-order valence-electron chi connectivity index (χ1n) is 8.01. The average Bonchev–Trinajstić information content (AvgIpc) is 2.61. The van der Waals surface area contributed by atoms with Crippen LogP contribution >= 0.6 is 0 Å². The Morgan fingerprint density at radius 3 is 1.42 bits per heavy atom. The topological polar surface area (TPSA) is 24.7 Å². The van der Waals surface area contributed by atoms with E-state index in [0.29, 0.717) is 0 Å². The zero-order valence-electron chi connectivity index (χ0n) is 14.0. The highest BCUT2D eigenvalue weighted by Gasteiger charge is 1.93. The minimum Gasteiger partial charge on any atom is -0.256 e. The van der Waals surface area contributed by atoms with Gasteiger partial charge in [-0.15, -0.1) is 0 Å². The van der Waals surface area contributed by atoms with Gasteiger partial charge in [0.1, 0.15) is 0 Å². The van der Waals surface area contributed by atoms with Crippen LogP contribution < -0.4 is 0 Å². The number of hydrogen-bond acceptors (Lipinski definition) is 2. The number of aliphatic imine (C=N–C) groups is 2. The molecule has 0 aliphatic rings. The molecule has 0 aromatic heterocycles. The Labute approximate surface area is 143 Å². The molecule has 3 aromatic rings. The Balaban J connectivity index is 1.74. The van der Waals surface area contributed by atoms with Crippen LogP contribution in [0.3, 0.4) is 0 Å². The van der Waals surface area contributed by atoms with E-state index < -0.39 is 0 Å². The summed E-state index contributed by atoms with van der Waals surface area (Å²) < 4.78 is 0. The molecular weight excluding hydrogens is 292 g/mol. The van der Waals surface area contributed by atoms with Crippen molar-refractivity contribution < 1.29 is 0 Å². The van der Waals surface area contributed by atoms with Crippen molar-refractivity contribution in [3.8, 4) is 0 Å². The summed E-state index contributed by atoms with van der Waals surface area (Å²) in [6.45, 7) is 4.15. The van der Waals surface area contributed by atoms with Crippen molar-refractivity contribution in [3.63, 3.8) is 0 Å². The molecule has 0 unspecified atom stereocenters. The molecule has 0 N–H and O–H groups in total. The van der Waals surface area contributed by atoms with Crippen molar-refractivity contribution in [2.24, 2.45) is 9.98 Å². The molecule has 0 bridgehead atoms. The van der Waals surface area contributed by atoms with Crippen molar-refractivity contribution in [2.45, 2.75) is 13.8 Å². The lowest BCUT2D eigenvalue weighted by Gasteiger charge is -1.98. The summed E-state index contributed by atoms with van der Waals surface area (Å²) >= 11 is 0. The fraction of sp³-hybridized carbons (Fsp3) is 0.0909. The van der Waals surface area contributed by atoms with Crippen LogP contribution in [0, 0.1) is 13.8 Å². The van der Waals surface area contributed by atoms with E-state index in [4.69, 9.17) is 0 Å². The average molecular weight is 312 g/mol. The number of aryl methyl sites for hydroxylation is 2. The zero-order valence-corrected chi connectivity index (χ0v) is 14.0. The summed E-state index contributed by atoms with van der Waals surface area (Å²) in [6, 6.07) is 24.5. The maximum Gasteiger partial charge on any atom is 0.0630 e. The molecule has 2 heteroatoms. The van der Waals surface area contributed by atoms with Crippen LogP contribution in [0.25, 0.3) is 0 Å². The monoisotopic (exact) mass is 312 g/mol. The molecule has 0 aliphatic carbocycles. The van der Waals surface area contributed by atoms with Gasteiger partial charge in [-0.1, -0.05) is 53.6 Å². The lowest BCUT2D eigenvalue weighted by atomic mass is 10.1. The van der Waals surface area contributed by atoms with E-state index in [-0.39, 0.29) is 0 Å². The third-order valence-corrected chi connectivity index (χ3v) is 3.70. The Bertz CT molecular complexity index is 786. The first-order valence-corrected chi connectivity index (χ1v) is 8.01. The molecule has 0 saturated carbocycles. The van der Waals surface area contributed by atoms with Crippen LogP contribution in [0.15, 0.2) is 82.8 Å². The van der Waals surface area contributed by atoms with Gasteiger partial charge >= 0.3 is 0 Å². The van der Waals surface area contributed by atoms with Gasteiger partial charge in [0.25, 0.3) is 0 Å². The Kier molecular flexibility index (Phi) is 4.97. The molecule has 3 rings (SSSR count). The van der Waals surface area contributed by atoms with Crippen LogP contribution in [0.5, 0.6) is 0 Å². The molecule has 0 fully saturated rings. The summed E-state index contributed by atoms with van der Waals surface area (Å²) in [5, 5.41) is 0. The van der Waals surface area contributed by atoms with E-state index in [0.717, 1.165) is 22.5 Å². The minimum absolute atomic E-state index is 0.958. The molecule has 0 saturated heterocycles. The molecule has 2 nitrogen and oxygen atoms in total. The van der Waals surface area contributed by atoms with Gasteiger partial charge in [0, 0.05) is 12.4 Å². The summed E-state index contributed by atoms with van der Waals surface area (Å²) in [6.07, 6.45) is 3.77. The van der Waals surface area contributed by atoms with Crippen molar-refractivity contribution in [3.05, 3.63) is 95.1 Å². The predicted octanol–water partition coefficient (Wildman–Crippen LogP) is 5.80. The highest BCUT2D eigenvalue weighted by molar-refractivity contribution is 5.88. The number of rotatable bonds is 4. The molecule has 24 heavy (non-hydrogen) atoms. The number of nitrogens with zero attached hydrogens (tertiary/aromatic N) is 2. The predicted molar refractivity (Wildman–Crippen MR) is 103 cm³/mol. The number of hydrogen-bond donors (Lipinski definition) is 0. The van der Waals surface area contributed by atoms with Gasteiger partial charge in [0.05, 0.1) is 11.4 Å². The van der Waals surface area contributed by atoms with Crippen LogP contribution in [0.1, 0.15) is 22.3 Å². The van der Waals surface area contributed by atoms with Gasteiger partial charge in [-0.3, -0.25) is 9.98 Å². The fourth-order valence-electron chi connectivity index (χ4n) is 2.28. The molecule has 0 spiro atoms. The Hall–Kier alpha value is -3.00. The maximum atomic E-state index is 4.52. The summed E-state index contributed by atoms with van der Waals surface area (Å²) in [7, 11) is 0. The zero-order chi connectivity index (χ0) is 16.8. The molecule has 0 heterocycles. The van der Waals surface area contributed by atoms with Crippen molar-refractivity contribution in [1.29, 1.82) is 0 Å². The van der Waals surface area contributed by atoms with Crippen LogP contribution in [-0.4, -0.2) is 12.4 Å². The third-order valence-electron chi connectivity index (χ3n) is 3.70. The van der Waals surface area contributed by atoms with Crippen LogP contribution in [0.4, 0.5) is 11.4 Å².